The first kappa shape index (κ1) is 9.30. The molecule has 53 valence electrons. The minimum absolute atomic E-state index is 0.317. The molecular formula is C4H3BrClF2O. The normalized spacial score (nSPS) is 15.1. The summed E-state index contributed by atoms with van der Waals surface area (Å²) in [4.78, 5) is 8.15. The predicted octanol–water partition coefficient (Wildman–Crippen LogP) is 1.73. The first-order chi connectivity index (χ1) is 4.04. The van der Waals surface area contributed by atoms with Gasteiger partial charge in [0.05, 0.1) is 4.83 Å². The van der Waals surface area contributed by atoms with Crippen LogP contribution in [0.2, 0.25) is 0 Å². The quantitative estimate of drug-likeness (QED) is 0.662. The zero-order valence-corrected chi connectivity index (χ0v) is 6.55. The number of rotatable bonds is 3. The van der Waals surface area contributed by atoms with E-state index in [4.69, 9.17) is 11.6 Å². The Kier molecular flexibility index (Phi) is 3.58. The van der Waals surface area contributed by atoms with Crippen molar-refractivity contribution < 1.29 is 13.6 Å². The van der Waals surface area contributed by atoms with E-state index in [0.717, 1.165) is 0 Å². The van der Waals surface area contributed by atoms with Crippen LogP contribution < -0.4 is 0 Å². The highest BCUT2D eigenvalue weighted by molar-refractivity contribution is 9.09. The van der Waals surface area contributed by atoms with Crippen LogP contribution in [0.15, 0.2) is 0 Å². The molecule has 0 heterocycles. The minimum atomic E-state index is -3.47. The highest BCUT2D eigenvalue weighted by Gasteiger charge is 2.38. The van der Waals surface area contributed by atoms with Gasteiger partial charge in [-0.05, 0) is 0 Å². The Labute approximate surface area is 64.5 Å². The van der Waals surface area contributed by atoms with Gasteiger partial charge in [-0.25, -0.2) is 0 Å². The van der Waals surface area contributed by atoms with Gasteiger partial charge in [-0.2, -0.15) is 8.78 Å². The van der Waals surface area contributed by atoms with E-state index >= 15 is 0 Å². The highest BCUT2D eigenvalue weighted by Crippen LogP contribution is 2.23. The third kappa shape index (κ3) is 2.58. The zero-order chi connectivity index (χ0) is 7.49. The van der Waals surface area contributed by atoms with E-state index in [1.165, 1.54) is 0 Å². The molecule has 1 unspecified atom stereocenters. The summed E-state index contributed by atoms with van der Waals surface area (Å²) in [5.74, 6) is -3.79. The molecule has 0 saturated heterocycles. The second kappa shape index (κ2) is 3.46. The van der Waals surface area contributed by atoms with Crippen LogP contribution in [0.4, 0.5) is 8.78 Å². The Morgan fingerprint density at radius 3 is 2.33 bits per heavy atom. The van der Waals surface area contributed by atoms with E-state index in [9.17, 15) is 13.6 Å². The molecule has 0 bridgehead atoms. The smallest absolute Gasteiger partial charge is 0.284 e. The van der Waals surface area contributed by atoms with Gasteiger partial charge in [0.25, 0.3) is 6.29 Å². The molecule has 1 atom stereocenters. The minimum Gasteiger partial charge on any atom is -0.284 e. The van der Waals surface area contributed by atoms with Gasteiger partial charge in [0, 0.05) is 5.88 Å². The lowest BCUT2D eigenvalue weighted by Gasteiger charge is -2.10. The number of alkyl halides is 4. The Morgan fingerprint density at radius 2 is 2.22 bits per heavy atom. The topological polar surface area (TPSA) is 17.1 Å². The van der Waals surface area contributed by atoms with E-state index in [1.54, 1.807) is 0 Å². The van der Waals surface area contributed by atoms with Crippen molar-refractivity contribution in [2.75, 3.05) is 5.88 Å². The monoisotopic (exact) mass is 219 g/mol. The molecule has 5 heteroatoms. The fourth-order valence-electron chi connectivity index (χ4n) is 0.161. The van der Waals surface area contributed by atoms with Crippen molar-refractivity contribution in [2.45, 2.75) is 10.7 Å². The SMILES string of the molecule is O=[C]C(F)(F)C(Br)CCl. The molecular weight excluding hydrogens is 217 g/mol. The van der Waals surface area contributed by atoms with Crippen molar-refractivity contribution in [2.24, 2.45) is 0 Å². The predicted molar refractivity (Wildman–Crippen MR) is 34.1 cm³/mol. The number of halogens is 4. The molecule has 0 N–H and O–H groups in total. The zero-order valence-electron chi connectivity index (χ0n) is 4.20. The largest absolute Gasteiger partial charge is 0.326 e. The summed E-state index contributed by atoms with van der Waals surface area (Å²) in [6.07, 6.45) is 0.577. The van der Waals surface area contributed by atoms with Gasteiger partial charge in [-0.1, -0.05) is 15.9 Å². The van der Waals surface area contributed by atoms with Crippen LogP contribution in [0.25, 0.3) is 0 Å². The van der Waals surface area contributed by atoms with Crippen molar-refractivity contribution in [3.05, 3.63) is 0 Å². The van der Waals surface area contributed by atoms with E-state index in [2.05, 4.69) is 15.9 Å². The molecule has 0 fully saturated rings. The number of hydrogen-bond donors (Lipinski definition) is 0. The van der Waals surface area contributed by atoms with Gasteiger partial charge in [0.1, 0.15) is 0 Å². The van der Waals surface area contributed by atoms with Crippen molar-refractivity contribution in [1.29, 1.82) is 0 Å². The van der Waals surface area contributed by atoms with Crippen molar-refractivity contribution in [1.82, 2.24) is 0 Å². The molecule has 1 radical (unpaired) electrons. The van der Waals surface area contributed by atoms with E-state index in [0.29, 0.717) is 6.29 Å². The van der Waals surface area contributed by atoms with Gasteiger partial charge >= 0.3 is 5.92 Å². The Hall–Kier alpha value is 0.300. The molecule has 0 saturated carbocycles. The summed E-state index contributed by atoms with van der Waals surface area (Å²) in [5, 5.41) is 0. The molecule has 0 aliphatic heterocycles. The summed E-state index contributed by atoms with van der Waals surface area (Å²) in [5.41, 5.74) is 0. The average molecular weight is 220 g/mol. The van der Waals surface area contributed by atoms with E-state index in [-0.39, 0.29) is 5.88 Å². The number of carbonyl (C=O) groups excluding carboxylic acids is 1. The van der Waals surface area contributed by atoms with Gasteiger partial charge < -0.3 is 0 Å². The second-order valence-corrected chi connectivity index (χ2v) is 2.76. The molecule has 0 spiro atoms. The van der Waals surface area contributed by atoms with E-state index in [1.807, 2.05) is 0 Å². The van der Waals surface area contributed by atoms with Crippen LogP contribution in [-0.4, -0.2) is 22.9 Å². The molecule has 0 aliphatic carbocycles. The highest BCUT2D eigenvalue weighted by atomic mass is 79.9. The Morgan fingerprint density at radius 1 is 1.78 bits per heavy atom. The van der Waals surface area contributed by atoms with Crippen LogP contribution >= 0.6 is 27.5 Å². The summed E-state index contributed by atoms with van der Waals surface area (Å²) in [6, 6.07) is 0. The van der Waals surface area contributed by atoms with Crippen LogP contribution in [0.1, 0.15) is 0 Å². The molecule has 0 amide bonds. The van der Waals surface area contributed by atoms with Crippen molar-refractivity contribution >= 4 is 33.8 Å². The second-order valence-electron chi connectivity index (χ2n) is 1.35. The van der Waals surface area contributed by atoms with Gasteiger partial charge in [0.15, 0.2) is 0 Å². The lowest BCUT2D eigenvalue weighted by molar-refractivity contribution is 0.0793. The first-order valence-electron chi connectivity index (χ1n) is 2.01. The van der Waals surface area contributed by atoms with Crippen LogP contribution in [0.5, 0.6) is 0 Å². The van der Waals surface area contributed by atoms with Crippen molar-refractivity contribution in [3.8, 4) is 0 Å². The molecule has 0 aliphatic rings. The maximum Gasteiger partial charge on any atom is 0.326 e. The molecule has 9 heavy (non-hydrogen) atoms. The third-order valence-electron chi connectivity index (χ3n) is 0.665. The molecule has 1 nitrogen and oxygen atoms in total. The summed E-state index contributed by atoms with van der Waals surface area (Å²) >= 11 is 7.52. The fraction of sp³-hybridized carbons (Fsp3) is 0.750. The van der Waals surface area contributed by atoms with Crippen LogP contribution in [-0.2, 0) is 4.79 Å². The fourth-order valence-corrected chi connectivity index (χ4v) is 0.448. The van der Waals surface area contributed by atoms with Crippen molar-refractivity contribution in [3.63, 3.8) is 0 Å². The molecule has 0 aromatic carbocycles. The average Bonchev–Trinajstić information content (AvgIpc) is 1.86. The lowest BCUT2D eigenvalue weighted by Crippen LogP contribution is -2.31. The maximum atomic E-state index is 12.0. The standard InChI is InChI=1S/C4H3BrClF2O/c5-3(1-6)4(7,8)2-9/h3H,1H2. The summed E-state index contributed by atoms with van der Waals surface area (Å²) < 4.78 is 24.0. The summed E-state index contributed by atoms with van der Waals surface area (Å²) in [6.45, 7) is 0. The Bertz CT molecular complexity index is 109. The van der Waals surface area contributed by atoms with Crippen LogP contribution in [0.3, 0.4) is 0 Å². The van der Waals surface area contributed by atoms with Gasteiger partial charge in [0.2, 0.25) is 0 Å². The summed E-state index contributed by atoms with van der Waals surface area (Å²) in [7, 11) is 0. The van der Waals surface area contributed by atoms with Gasteiger partial charge in [-0.15, -0.1) is 11.6 Å². The molecule has 0 aromatic rings. The Balaban J connectivity index is 3.95. The van der Waals surface area contributed by atoms with Gasteiger partial charge in [-0.3, -0.25) is 4.79 Å². The lowest BCUT2D eigenvalue weighted by atomic mass is 10.3. The molecule has 0 rings (SSSR count). The van der Waals surface area contributed by atoms with Crippen LogP contribution in [0, 0.1) is 0 Å². The molecule has 0 aromatic heterocycles. The number of hydrogen-bond acceptors (Lipinski definition) is 1. The third-order valence-corrected chi connectivity index (χ3v) is 2.25. The van der Waals surface area contributed by atoms with E-state index < -0.39 is 10.7 Å². The maximum absolute atomic E-state index is 12.0. The first-order valence-corrected chi connectivity index (χ1v) is 3.46.